The maximum Gasteiger partial charge on any atom is 0.269 e. The van der Waals surface area contributed by atoms with Crippen LogP contribution in [-0.4, -0.2) is 9.91 Å². The van der Waals surface area contributed by atoms with Crippen LogP contribution >= 0.6 is 0 Å². The second-order valence-electron chi connectivity index (χ2n) is 4.18. The minimum absolute atomic E-state index is 0.0438. The summed E-state index contributed by atoms with van der Waals surface area (Å²) < 4.78 is 5.60. The molecule has 0 fully saturated rings. The molecule has 0 atom stereocenters. The summed E-state index contributed by atoms with van der Waals surface area (Å²) in [4.78, 5) is 14.4. The molecule has 2 aromatic rings. The molecule has 0 aliphatic heterocycles. The summed E-state index contributed by atoms with van der Waals surface area (Å²) in [6.45, 7) is 2.02. The van der Waals surface area contributed by atoms with Gasteiger partial charge in [-0.1, -0.05) is 0 Å². The van der Waals surface area contributed by atoms with E-state index in [1.165, 1.54) is 12.1 Å². The molecule has 3 N–H and O–H groups in total. The Morgan fingerprint density at radius 3 is 2.85 bits per heavy atom. The SMILES string of the molecule is Cc1cc([N+](=O)[O-])ccc1OCc1cc(NN)ccn1. The smallest absolute Gasteiger partial charge is 0.269 e. The third kappa shape index (κ3) is 3.21. The Morgan fingerprint density at radius 1 is 1.40 bits per heavy atom. The van der Waals surface area contributed by atoms with Gasteiger partial charge in [0.2, 0.25) is 0 Å². The second kappa shape index (κ2) is 5.98. The van der Waals surface area contributed by atoms with E-state index < -0.39 is 4.92 Å². The number of hydrogen-bond acceptors (Lipinski definition) is 6. The monoisotopic (exact) mass is 274 g/mol. The fourth-order valence-electron chi connectivity index (χ4n) is 1.71. The molecule has 20 heavy (non-hydrogen) atoms. The van der Waals surface area contributed by atoms with Crippen molar-refractivity contribution in [2.45, 2.75) is 13.5 Å². The fourth-order valence-corrected chi connectivity index (χ4v) is 1.71. The molecule has 0 saturated heterocycles. The molecule has 0 bridgehead atoms. The number of non-ortho nitro benzene ring substituents is 1. The molecule has 0 aliphatic rings. The number of aromatic nitrogens is 1. The van der Waals surface area contributed by atoms with Crippen molar-refractivity contribution in [2.75, 3.05) is 5.43 Å². The maximum atomic E-state index is 10.7. The summed E-state index contributed by atoms with van der Waals surface area (Å²) in [5.74, 6) is 5.90. The average molecular weight is 274 g/mol. The first-order chi connectivity index (χ1) is 9.60. The maximum absolute atomic E-state index is 10.7. The standard InChI is InChI=1S/C13H14N4O3/c1-9-6-12(17(18)19)2-3-13(9)20-8-11-7-10(16-14)4-5-15-11/h2-7H,8,14H2,1H3,(H,15,16). The molecule has 0 radical (unpaired) electrons. The van der Waals surface area contributed by atoms with Crippen LogP contribution in [-0.2, 0) is 6.61 Å². The number of nitrogens with one attached hydrogen (secondary N) is 1. The summed E-state index contributed by atoms with van der Waals surface area (Å²) in [7, 11) is 0. The number of benzene rings is 1. The van der Waals surface area contributed by atoms with E-state index in [9.17, 15) is 10.1 Å². The molecule has 1 aromatic carbocycles. The number of nitrogens with zero attached hydrogens (tertiary/aromatic N) is 2. The summed E-state index contributed by atoms with van der Waals surface area (Å²) in [6.07, 6.45) is 1.62. The van der Waals surface area contributed by atoms with E-state index in [0.717, 1.165) is 5.69 Å². The van der Waals surface area contributed by atoms with Gasteiger partial charge >= 0.3 is 0 Å². The third-order valence-electron chi connectivity index (χ3n) is 2.73. The van der Waals surface area contributed by atoms with E-state index >= 15 is 0 Å². The number of hydrazine groups is 1. The molecule has 2 rings (SSSR count). The lowest BCUT2D eigenvalue weighted by Crippen LogP contribution is -2.08. The summed E-state index contributed by atoms with van der Waals surface area (Å²) in [5.41, 5.74) is 4.71. The number of nitro groups is 1. The molecule has 1 aromatic heterocycles. The molecule has 0 amide bonds. The van der Waals surface area contributed by atoms with Crippen molar-refractivity contribution in [3.63, 3.8) is 0 Å². The summed E-state index contributed by atoms with van der Waals surface area (Å²) in [6, 6.07) is 7.97. The number of nitrogen functional groups attached to an aromatic ring is 1. The number of ether oxygens (including phenoxy) is 1. The lowest BCUT2D eigenvalue weighted by Gasteiger charge is -2.09. The largest absolute Gasteiger partial charge is 0.487 e. The number of hydrogen-bond donors (Lipinski definition) is 2. The third-order valence-corrected chi connectivity index (χ3v) is 2.73. The Balaban J connectivity index is 2.08. The molecule has 0 saturated carbocycles. The number of nitrogens with two attached hydrogens (primary N) is 1. The van der Waals surface area contributed by atoms with E-state index in [1.807, 2.05) is 0 Å². The predicted molar refractivity (Wildman–Crippen MR) is 74.2 cm³/mol. The van der Waals surface area contributed by atoms with Gasteiger partial charge in [-0.05, 0) is 30.7 Å². The number of nitro benzene ring substituents is 1. The van der Waals surface area contributed by atoms with Gasteiger partial charge in [0, 0.05) is 18.3 Å². The first-order valence-corrected chi connectivity index (χ1v) is 5.89. The van der Waals surface area contributed by atoms with Crippen LogP contribution in [0.25, 0.3) is 0 Å². The number of pyridine rings is 1. The van der Waals surface area contributed by atoms with Crippen LogP contribution in [0.4, 0.5) is 11.4 Å². The van der Waals surface area contributed by atoms with Crippen LogP contribution in [0, 0.1) is 17.0 Å². The van der Waals surface area contributed by atoms with E-state index in [0.29, 0.717) is 17.0 Å². The van der Waals surface area contributed by atoms with Crippen molar-refractivity contribution >= 4 is 11.4 Å². The minimum Gasteiger partial charge on any atom is -0.487 e. The highest BCUT2D eigenvalue weighted by atomic mass is 16.6. The molecule has 0 unspecified atom stereocenters. The Kier molecular flexibility index (Phi) is 4.11. The lowest BCUT2D eigenvalue weighted by atomic mass is 10.2. The first kappa shape index (κ1) is 13.8. The summed E-state index contributed by atoms with van der Waals surface area (Å²) in [5, 5.41) is 10.7. The zero-order valence-electron chi connectivity index (χ0n) is 10.9. The van der Waals surface area contributed by atoms with Crippen molar-refractivity contribution in [1.29, 1.82) is 0 Å². The van der Waals surface area contributed by atoms with Gasteiger partial charge in [0.1, 0.15) is 12.4 Å². The van der Waals surface area contributed by atoms with Crippen LogP contribution in [0.3, 0.4) is 0 Å². The Labute approximate surface area is 115 Å². The number of aryl methyl sites for hydroxylation is 1. The van der Waals surface area contributed by atoms with Gasteiger partial charge in [0.05, 0.1) is 16.3 Å². The van der Waals surface area contributed by atoms with E-state index in [1.54, 1.807) is 31.3 Å². The van der Waals surface area contributed by atoms with Gasteiger partial charge in [0.15, 0.2) is 0 Å². The number of rotatable bonds is 5. The highest BCUT2D eigenvalue weighted by Gasteiger charge is 2.09. The second-order valence-corrected chi connectivity index (χ2v) is 4.18. The van der Waals surface area contributed by atoms with Gasteiger partial charge in [0.25, 0.3) is 5.69 Å². The molecular weight excluding hydrogens is 260 g/mol. The molecule has 104 valence electrons. The quantitative estimate of drug-likeness (QED) is 0.492. The Bertz CT molecular complexity index is 631. The molecule has 0 spiro atoms. The average Bonchev–Trinajstić information content (AvgIpc) is 2.46. The lowest BCUT2D eigenvalue weighted by molar-refractivity contribution is -0.384. The van der Waals surface area contributed by atoms with Gasteiger partial charge in [-0.2, -0.15) is 0 Å². The van der Waals surface area contributed by atoms with Gasteiger partial charge < -0.3 is 10.2 Å². The van der Waals surface area contributed by atoms with Crippen LogP contribution in [0.2, 0.25) is 0 Å². The van der Waals surface area contributed by atoms with Crippen molar-refractivity contribution in [3.05, 3.63) is 57.9 Å². The molecule has 7 heteroatoms. The van der Waals surface area contributed by atoms with E-state index in [-0.39, 0.29) is 12.3 Å². The molecular formula is C13H14N4O3. The molecule has 0 aliphatic carbocycles. The zero-order valence-corrected chi connectivity index (χ0v) is 10.9. The van der Waals surface area contributed by atoms with E-state index in [4.69, 9.17) is 10.6 Å². The Morgan fingerprint density at radius 2 is 2.20 bits per heavy atom. The molecule has 1 heterocycles. The van der Waals surface area contributed by atoms with Crippen molar-refractivity contribution in [3.8, 4) is 5.75 Å². The summed E-state index contributed by atoms with van der Waals surface area (Å²) >= 11 is 0. The van der Waals surface area contributed by atoms with Crippen LogP contribution < -0.4 is 16.0 Å². The van der Waals surface area contributed by atoms with Gasteiger partial charge in [-0.15, -0.1) is 0 Å². The minimum atomic E-state index is -0.436. The van der Waals surface area contributed by atoms with Crippen LogP contribution in [0.15, 0.2) is 36.5 Å². The number of anilines is 1. The normalized spacial score (nSPS) is 10.1. The van der Waals surface area contributed by atoms with Crippen molar-refractivity contribution in [2.24, 2.45) is 5.84 Å². The van der Waals surface area contributed by atoms with Gasteiger partial charge in [-0.3, -0.25) is 20.9 Å². The van der Waals surface area contributed by atoms with E-state index in [2.05, 4.69) is 10.4 Å². The van der Waals surface area contributed by atoms with Crippen molar-refractivity contribution in [1.82, 2.24) is 4.98 Å². The predicted octanol–water partition coefficient (Wildman–Crippen LogP) is 2.16. The fraction of sp³-hybridized carbons (Fsp3) is 0.154. The first-order valence-electron chi connectivity index (χ1n) is 5.89. The highest BCUT2D eigenvalue weighted by molar-refractivity contribution is 5.44. The van der Waals surface area contributed by atoms with Crippen LogP contribution in [0.1, 0.15) is 11.3 Å². The topological polar surface area (TPSA) is 103 Å². The highest BCUT2D eigenvalue weighted by Crippen LogP contribution is 2.24. The van der Waals surface area contributed by atoms with Gasteiger partial charge in [-0.25, -0.2) is 0 Å². The zero-order chi connectivity index (χ0) is 14.5. The molecule has 7 nitrogen and oxygen atoms in total. The van der Waals surface area contributed by atoms with Crippen LogP contribution in [0.5, 0.6) is 5.75 Å². The Hall–Kier alpha value is -2.67. The van der Waals surface area contributed by atoms with Crippen molar-refractivity contribution < 1.29 is 9.66 Å².